The van der Waals surface area contributed by atoms with Crippen LogP contribution in [-0.2, 0) is 19.2 Å². The van der Waals surface area contributed by atoms with E-state index in [4.69, 9.17) is 0 Å². The molecule has 122 valence electrons. The molecular weight excluding hydrogens is 304 g/mol. The molecule has 6 nitrogen and oxygen atoms in total. The highest BCUT2D eigenvalue weighted by molar-refractivity contribution is 7.81. The summed E-state index contributed by atoms with van der Waals surface area (Å²) in [5.41, 5.74) is 0. The molecule has 0 aliphatic carbocycles. The highest BCUT2D eigenvalue weighted by Crippen LogP contribution is 2.20. The van der Waals surface area contributed by atoms with Gasteiger partial charge in [-0.05, 0) is 12.8 Å². The lowest BCUT2D eigenvalue weighted by Crippen LogP contribution is -2.32. The predicted octanol–water partition coefficient (Wildman–Crippen LogP) is 0.999. The molecule has 2 saturated heterocycles. The summed E-state index contributed by atoms with van der Waals surface area (Å²) in [4.78, 5) is 49.2. The van der Waals surface area contributed by atoms with E-state index in [9.17, 15) is 19.2 Å². The van der Waals surface area contributed by atoms with Crippen molar-refractivity contribution in [1.82, 2.24) is 9.80 Å². The summed E-state index contributed by atoms with van der Waals surface area (Å²) in [5, 5.41) is -0.485. The van der Waals surface area contributed by atoms with Crippen molar-refractivity contribution in [2.45, 2.75) is 50.7 Å². The van der Waals surface area contributed by atoms with E-state index in [2.05, 4.69) is 12.6 Å². The average Bonchev–Trinajstić information content (AvgIpc) is 2.84. The zero-order valence-electron chi connectivity index (χ0n) is 12.8. The van der Waals surface area contributed by atoms with Gasteiger partial charge in [-0.25, -0.2) is 0 Å². The van der Waals surface area contributed by atoms with Gasteiger partial charge in [0.2, 0.25) is 23.6 Å². The second-order valence-corrected chi connectivity index (χ2v) is 6.63. The molecule has 0 bridgehead atoms. The molecule has 0 aromatic carbocycles. The number of hydrogen-bond donors (Lipinski definition) is 1. The number of amides is 4. The summed E-state index contributed by atoms with van der Waals surface area (Å²) < 4.78 is 0. The van der Waals surface area contributed by atoms with E-state index < -0.39 is 5.25 Å². The van der Waals surface area contributed by atoms with Crippen LogP contribution >= 0.6 is 12.6 Å². The minimum Gasteiger partial charge on any atom is -0.282 e. The molecule has 2 heterocycles. The maximum Gasteiger partial charge on any atom is 0.242 e. The monoisotopic (exact) mass is 326 g/mol. The van der Waals surface area contributed by atoms with E-state index in [0.29, 0.717) is 19.5 Å². The number of unbranched alkanes of at least 4 members (excludes halogenated alkanes) is 3. The molecule has 2 unspecified atom stereocenters. The van der Waals surface area contributed by atoms with Crippen LogP contribution in [0.2, 0.25) is 0 Å². The number of rotatable bonds is 7. The van der Waals surface area contributed by atoms with Crippen LogP contribution in [0.25, 0.3) is 0 Å². The second kappa shape index (κ2) is 7.26. The predicted molar refractivity (Wildman–Crippen MR) is 83.1 cm³/mol. The van der Waals surface area contributed by atoms with Crippen LogP contribution in [0.4, 0.5) is 0 Å². The number of imide groups is 2. The molecule has 0 aromatic heterocycles. The lowest BCUT2D eigenvalue weighted by Gasteiger charge is -2.15. The molecule has 0 saturated carbocycles. The van der Waals surface area contributed by atoms with Crippen LogP contribution in [0.5, 0.6) is 0 Å². The minimum atomic E-state index is -0.485. The van der Waals surface area contributed by atoms with Crippen LogP contribution in [0.1, 0.15) is 45.4 Å². The number of thiol groups is 1. The van der Waals surface area contributed by atoms with Crippen molar-refractivity contribution < 1.29 is 19.2 Å². The number of carbonyl (C=O) groups excluding carboxylic acids is 4. The van der Waals surface area contributed by atoms with Crippen LogP contribution in [-0.4, -0.2) is 51.8 Å². The molecule has 4 amide bonds. The zero-order valence-corrected chi connectivity index (χ0v) is 13.7. The van der Waals surface area contributed by atoms with Crippen molar-refractivity contribution in [3.05, 3.63) is 0 Å². The number of carbonyl (C=O) groups is 4. The largest absolute Gasteiger partial charge is 0.282 e. The number of nitrogens with zero attached hydrogens (tertiary/aromatic N) is 2. The lowest BCUT2D eigenvalue weighted by molar-refractivity contribution is -0.140. The molecule has 2 atom stereocenters. The quantitative estimate of drug-likeness (QED) is 0.430. The Morgan fingerprint density at radius 3 is 1.77 bits per heavy atom. The van der Waals surface area contributed by atoms with Gasteiger partial charge in [0.1, 0.15) is 0 Å². The van der Waals surface area contributed by atoms with Gasteiger partial charge < -0.3 is 0 Å². The molecule has 0 radical (unpaired) electrons. The van der Waals surface area contributed by atoms with E-state index >= 15 is 0 Å². The Bertz CT molecular complexity index is 450. The van der Waals surface area contributed by atoms with Crippen molar-refractivity contribution >= 4 is 36.3 Å². The Kier molecular flexibility index (Phi) is 5.61. The highest BCUT2D eigenvalue weighted by atomic mass is 32.1. The van der Waals surface area contributed by atoms with E-state index in [0.717, 1.165) is 25.7 Å². The van der Waals surface area contributed by atoms with Gasteiger partial charge >= 0.3 is 0 Å². The van der Waals surface area contributed by atoms with E-state index in [1.54, 1.807) is 6.92 Å². The first-order chi connectivity index (χ1) is 10.4. The maximum atomic E-state index is 11.7. The van der Waals surface area contributed by atoms with E-state index in [1.165, 1.54) is 9.80 Å². The Balaban J connectivity index is 1.60. The summed E-state index contributed by atoms with van der Waals surface area (Å²) in [6, 6.07) is 0. The molecule has 22 heavy (non-hydrogen) atoms. The summed E-state index contributed by atoms with van der Waals surface area (Å²) in [6.45, 7) is 2.69. The molecule has 0 aromatic rings. The first-order valence-corrected chi connectivity index (χ1v) is 8.30. The van der Waals surface area contributed by atoms with Gasteiger partial charge in [0.05, 0.1) is 5.25 Å². The molecular formula is C15H22N2O4S. The lowest BCUT2D eigenvalue weighted by atomic mass is 10.1. The third-order valence-electron chi connectivity index (χ3n) is 4.20. The normalized spacial score (nSPS) is 25.7. The van der Waals surface area contributed by atoms with Crippen molar-refractivity contribution in [3.8, 4) is 0 Å². The summed E-state index contributed by atoms with van der Waals surface area (Å²) >= 11 is 4.08. The molecule has 0 N–H and O–H groups in total. The first-order valence-electron chi connectivity index (χ1n) is 7.78. The third kappa shape index (κ3) is 3.69. The molecule has 2 fully saturated rings. The van der Waals surface area contributed by atoms with Crippen LogP contribution in [0.15, 0.2) is 0 Å². The third-order valence-corrected chi connectivity index (χ3v) is 4.61. The topological polar surface area (TPSA) is 74.8 Å². The van der Waals surface area contributed by atoms with Gasteiger partial charge in [-0.3, -0.25) is 29.0 Å². The molecule has 2 aliphatic rings. The fourth-order valence-corrected chi connectivity index (χ4v) is 3.17. The number of hydrogen-bond acceptors (Lipinski definition) is 5. The summed E-state index contributed by atoms with van der Waals surface area (Å²) in [5.74, 6) is -0.680. The van der Waals surface area contributed by atoms with Gasteiger partial charge in [-0.15, -0.1) is 0 Å². The standard InChI is InChI=1S/C15H22N2O4S/c1-10-8-12(18)16(14(10)20)6-4-2-3-5-7-17-13(19)9-11(22)15(17)21/h10-11,22H,2-9H2,1H3. The minimum absolute atomic E-state index is 0.0712. The number of likely N-dealkylation sites (tertiary alicyclic amines) is 2. The van der Waals surface area contributed by atoms with Crippen LogP contribution in [0, 0.1) is 5.92 Å². The second-order valence-electron chi connectivity index (χ2n) is 6.01. The van der Waals surface area contributed by atoms with Gasteiger partial charge in [0, 0.05) is 31.8 Å². The first kappa shape index (κ1) is 17.0. The molecule has 7 heteroatoms. The Labute approximate surface area is 135 Å². The Morgan fingerprint density at radius 2 is 1.36 bits per heavy atom. The Hall–Kier alpha value is -1.37. The van der Waals surface area contributed by atoms with E-state index in [-0.39, 0.29) is 36.0 Å². The SMILES string of the molecule is CC1CC(=O)N(CCCCCCN2C(=O)CC(S)C2=O)C1=O. The smallest absolute Gasteiger partial charge is 0.242 e. The Morgan fingerprint density at radius 1 is 0.864 bits per heavy atom. The van der Waals surface area contributed by atoms with Gasteiger partial charge in [-0.2, -0.15) is 12.6 Å². The van der Waals surface area contributed by atoms with Gasteiger partial charge in [-0.1, -0.05) is 19.8 Å². The van der Waals surface area contributed by atoms with Crippen LogP contribution in [0.3, 0.4) is 0 Å². The summed E-state index contributed by atoms with van der Waals surface area (Å²) in [6.07, 6.45) is 3.76. The van der Waals surface area contributed by atoms with Crippen LogP contribution < -0.4 is 0 Å². The zero-order chi connectivity index (χ0) is 16.3. The molecule has 2 aliphatic heterocycles. The summed E-state index contributed by atoms with van der Waals surface area (Å²) in [7, 11) is 0. The van der Waals surface area contributed by atoms with Crippen molar-refractivity contribution in [1.29, 1.82) is 0 Å². The van der Waals surface area contributed by atoms with Crippen molar-refractivity contribution in [2.24, 2.45) is 5.92 Å². The molecule has 2 rings (SSSR count). The highest BCUT2D eigenvalue weighted by Gasteiger charge is 2.36. The fraction of sp³-hybridized carbons (Fsp3) is 0.733. The maximum absolute atomic E-state index is 11.7. The van der Waals surface area contributed by atoms with Gasteiger partial charge in [0.15, 0.2) is 0 Å². The average molecular weight is 326 g/mol. The van der Waals surface area contributed by atoms with Gasteiger partial charge in [0.25, 0.3) is 0 Å². The van der Waals surface area contributed by atoms with Crippen molar-refractivity contribution in [3.63, 3.8) is 0 Å². The van der Waals surface area contributed by atoms with E-state index in [1.807, 2.05) is 0 Å². The molecule has 0 spiro atoms. The fourth-order valence-electron chi connectivity index (χ4n) is 2.88. The van der Waals surface area contributed by atoms with Crippen molar-refractivity contribution in [2.75, 3.05) is 13.1 Å².